The molecule has 1 aliphatic heterocycles. The lowest BCUT2D eigenvalue weighted by molar-refractivity contribution is 0.186. The lowest BCUT2D eigenvalue weighted by Gasteiger charge is -2.41. The van der Waals surface area contributed by atoms with Crippen LogP contribution in [0.25, 0.3) is 0 Å². The van der Waals surface area contributed by atoms with Crippen molar-refractivity contribution in [1.82, 2.24) is 19.8 Å². The van der Waals surface area contributed by atoms with E-state index in [4.69, 9.17) is 0 Å². The van der Waals surface area contributed by atoms with Crippen LogP contribution >= 0.6 is 0 Å². The maximum absolute atomic E-state index is 12.3. The molecule has 0 spiro atoms. The molecule has 1 aliphatic rings. The van der Waals surface area contributed by atoms with Gasteiger partial charge in [-0.05, 0) is 13.8 Å². The number of aromatic amines is 1. The molecule has 2 rings (SSSR count). The Kier molecular flexibility index (Phi) is 2.77. The van der Waals surface area contributed by atoms with E-state index in [0.29, 0.717) is 19.6 Å². The maximum Gasteiger partial charge on any atom is 0.246 e. The number of H-pyrrole nitrogens is 1. The number of sulfonamides is 1. The number of rotatable bonds is 2. The molecule has 0 radical (unpaired) electrons. The SMILES string of the molecule is CC1(C)CNCCN1S(=O)(=O)c1cn[nH]c1. The molecule has 0 amide bonds. The number of aromatic nitrogens is 2. The van der Waals surface area contributed by atoms with Crippen LogP contribution in [0.5, 0.6) is 0 Å². The van der Waals surface area contributed by atoms with Crippen LogP contribution in [0, 0.1) is 0 Å². The van der Waals surface area contributed by atoms with E-state index >= 15 is 0 Å². The highest BCUT2D eigenvalue weighted by atomic mass is 32.2. The Labute approximate surface area is 95.1 Å². The van der Waals surface area contributed by atoms with Gasteiger partial charge in [0.2, 0.25) is 10.0 Å². The first-order valence-corrected chi connectivity index (χ1v) is 6.61. The largest absolute Gasteiger partial charge is 0.314 e. The van der Waals surface area contributed by atoms with Gasteiger partial charge in [0.1, 0.15) is 4.90 Å². The lowest BCUT2D eigenvalue weighted by atomic mass is 10.0. The van der Waals surface area contributed by atoms with Crippen molar-refractivity contribution in [2.24, 2.45) is 0 Å². The van der Waals surface area contributed by atoms with Crippen molar-refractivity contribution >= 4 is 10.0 Å². The molecule has 0 atom stereocenters. The van der Waals surface area contributed by atoms with Crippen molar-refractivity contribution in [1.29, 1.82) is 0 Å². The second-order valence-corrected chi connectivity index (χ2v) is 6.36. The smallest absolute Gasteiger partial charge is 0.246 e. The Morgan fingerprint density at radius 3 is 2.81 bits per heavy atom. The molecule has 1 fully saturated rings. The fraction of sp³-hybridized carbons (Fsp3) is 0.667. The number of hydrogen-bond acceptors (Lipinski definition) is 4. The molecular weight excluding hydrogens is 228 g/mol. The molecule has 1 aromatic heterocycles. The van der Waals surface area contributed by atoms with Gasteiger partial charge >= 0.3 is 0 Å². The van der Waals surface area contributed by atoms with Gasteiger partial charge in [0.25, 0.3) is 0 Å². The highest BCUT2D eigenvalue weighted by Crippen LogP contribution is 2.24. The van der Waals surface area contributed by atoms with Gasteiger partial charge < -0.3 is 5.32 Å². The minimum Gasteiger partial charge on any atom is -0.314 e. The molecule has 0 saturated carbocycles. The standard InChI is InChI=1S/C9H16N4O2S/c1-9(2)7-10-3-4-13(9)16(14,15)8-5-11-12-6-8/h5-6,10H,3-4,7H2,1-2H3,(H,11,12). The van der Waals surface area contributed by atoms with Gasteiger partial charge in [-0.15, -0.1) is 0 Å². The predicted molar refractivity (Wildman–Crippen MR) is 59.4 cm³/mol. The van der Waals surface area contributed by atoms with E-state index in [-0.39, 0.29) is 4.90 Å². The van der Waals surface area contributed by atoms with Gasteiger partial charge in [0.15, 0.2) is 0 Å². The molecule has 2 N–H and O–H groups in total. The fourth-order valence-corrected chi connectivity index (χ4v) is 3.61. The van der Waals surface area contributed by atoms with E-state index in [1.165, 1.54) is 16.7 Å². The molecule has 0 bridgehead atoms. The van der Waals surface area contributed by atoms with Crippen molar-refractivity contribution < 1.29 is 8.42 Å². The van der Waals surface area contributed by atoms with Crippen molar-refractivity contribution in [3.8, 4) is 0 Å². The van der Waals surface area contributed by atoms with Gasteiger partial charge in [-0.1, -0.05) is 0 Å². The lowest BCUT2D eigenvalue weighted by Crippen LogP contribution is -2.59. The summed E-state index contributed by atoms with van der Waals surface area (Å²) in [5.74, 6) is 0. The number of hydrogen-bond donors (Lipinski definition) is 2. The summed E-state index contributed by atoms with van der Waals surface area (Å²) in [6.45, 7) is 5.65. The maximum atomic E-state index is 12.3. The van der Waals surface area contributed by atoms with Crippen molar-refractivity contribution in [3.05, 3.63) is 12.4 Å². The molecular formula is C9H16N4O2S. The molecule has 1 aromatic rings. The highest BCUT2D eigenvalue weighted by molar-refractivity contribution is 7.89. The minimum atomic E-state index is -3.43. The second kappa shape index (κ2) is 3.83. The van der Waals surface area contributed by atoms with Crippen LogP contribution < -0.4 is 5.32 Å². The van der Waals surface area contributed by atoms with Crippen LogP contribution in [0.2, 0.25) is 0 Å². The number of nitrogens with one attached hydrogen (secondary N) is 2. The first-order chi connectivity index (χ1) is 7.44. The molecule has 2 heterocycles. The van der Waals surface area contributed by atoms with Crippen LogP contribution in [0.15, 0.2) is 17.3 Å². The molecule has 6 nitrogen and oxygen atoms in total. The third-order valence-corrected chi connectivity index (χ3v) is 4.86. The van der Waals surface area contributed by atoms with E-state index in [2.05, 4.69) is 15.5 Å². The van der Waals surface area contributed by atoms with Crippen LogP contribution in [0.4, 0.5) is 0 Å². The third-order valence-electron chi connectivity index (χ3n) is 2.79. The van der Waals surface area contributed by atoms with Gasteiger partial charge in [-0.25, -0.2) is 8.42 Å². The van der Waals surface area contributed by atoms with Crippen LogP contribution in [-0.2, 0) is 10.0 Å². The summed E-state index contributed by atoms with van der Waals surface area (Å²) < 4.78 is 26.1. The average Bonchev–Trinajstić information content (AvgIpc) is 2.69. The molecule has 90 valence electrons. The van der Waals surface area contributed by atoms with Gasteiger partial charge in [0, 0.05) is 31.4 Å². The Hall–Kier alpha value is -0.920. The van der Waals surface area contributed by atoms with E-state index < -0.39 is 15.6 Å². The summed E-state index contributed by atoms with van der Waals surface area (Å²) in [5, 5.41) is 9.41. The first-order valence-electron chi connectivity index (χ1n) is 5.17. The van der Waals surface area contributed by atoms with E-state index in [0.717, 1.165) is 0 Å². The number of nitrogens with zero attached hydrogens (tertiary/aromatic N) is 2. The van der Waals surface area contributed by atoms with Gasteiger partial charge in [0.05, 0.1) is 6.20 Å². The average molecular weight is 244 g/mol. The van der Waals surface area contributed by atoms with Crippen LogP contribution in [0.3, 0.4) is 0 Å². The van der Waals surface area contributed by atoms with E-state index in [1.54, 1.807) is 0 Å². The molecule has 0 aromatic carbocycles. The van der Waals surface area contributed by atoms with Crippen molar-refractivity contribution in [2.45, 2.75) is 24.3 Å². The Morgan fingerprint density at radius 1 is 1.50 bits per heavy atom. The zero-order valence-electron chi connectivity index (χ0n) is 9.40. The van der Waals surface area contributed by atoms with Crippen molar-refractivity contribution in [3.63, 3.8) is 0 Å². The molecule has 7 heteroatoms. The van der Waals surface area contributed by atoms with E-state index in [9.17, 15) is 8.42 Å². The van der Waals surface area contributed by atoms with E-state index in [1.807, 2.05) is 13.8 Å². The van der Waals surface area contributed by atoms with Crippen molar-refractivity contribution in [2.75, 3.05) is 19.6 Å². The Morgan fingerprint density at radius 2 is 2.25 bits per heavy atom. The second-order valence-electron chi connectivity index (χ2n) is 4.50. The van der Waals surface area contributed by atoms with Crippen LogP contribution in [0.1, 0.15) is 13.8 Å². The summed E-state index contributed by atoms with van der Waals surface area (Å²) in [7, 11) is -3.43. The normalized spacial score (nSPS) is 22.1. The predicted octanol–water partition coefficient (Wildman–Crippen LogP) is -0.218. The molecule has 0 unspecified atom stereocenters. The summed E-state index contributed by atoms with van der Waals surface area (Å²) in [6.07, 6.45) is 2.75. The molecule has 1 saturated heterocycles. The summed E-state index contributed by atoms with van der Waals surface area (Å²) in [5.41, 5.74) is -0.408. The van der Waals surface area contributed by atoms with Gasteiger partial charge in [-0.2, -0.15) is 9.40 Å². The Bertz CT molecular complexity index is 452. The zero-order chi connectivity index (χ0) is 11.8. The first kappa shape index (κ1) is 11.6. The van der Waals surface area contributed by atoms with Crippen LogP contribution in [-0.4, -0.2) is 48.1 Å². The highest BCUT2D eigenvalue weighted by Gasteiger charge is 2.39. The third kappa shape index (κ3) is 1.85. The Balaban J connectivity index is 2.37. The topological polar surface area (TPSA) is 78.1 Å². The molecule has 16 heavy (non-hydrogen) atoms. The minimum absolute atomic E-state index is 0.225. The summed E-state index contributed by atoms with van der Waals surface area (Å²) in [4.78, 5) is 0.225. The fourth-order valence-electron chi connectivity index (χ4n) is 1.92. The quantitative estimate of drug-likeness (QED) is 0.754. The summed E-state index contributed by atoms with van der Waals surface area (Å²) in [6, 6.07) is 0. The molecule has 0 aliphatic carbocycles. The summed E-state index contributed by atoms with van der Waals surface area (Å²) >= 11 is 0. The monoisotopic (exact) mass is 244 g/mol. The van der Waals surface area contributed by atoms with Gasteiger partial charge in [-0.3, -0.25) is 5.10 Å². The number of piperazine rings is 1. The zero-order valence-corrected chi connectivity index (χ0v) is 10.2.